The molecule has 3 aromatic heterocycles. The first-order valence-electron chi connectivity index (χ1n) is 8.31. The van der Waals surface area contributed by atoms with Crippen molar-refractivity contribution >= 4 is 40.1 Å². The van der Waals surface area contributed by atoms with E-state index >= 15 is 0 Å². The lowest BCUT2D eigenvalue weighted by Gasteiger charge is -2.10. The van der Waals surface area contributed by atoms with Crippen molar-refractivity contribution in [3.63, 3.8) is 0 Å². The predicted octanol–water partition coefficient (Wildman–Crippen LogP) is 5.51. The quantitative estimate of drug-likeness (QED) is 0.424. The van der Waals surface area contributed by atoms with E-state index in [2.05, 4.69) is 15.3 Å². The van der Waals surface area contributed by atoms with Gasteiger partial charge in [0.05, 0.1) is 5.69 Å². The molecule has 28 heavy (non-hydrogen) atoms. The van der Waals surface area contributed by atoms with Gasteiger partial charge in [-0.15, -0.1) is 11.3 Å². The molecule has 140 valence electrons. The first-order chi connectivity index (χ1) is 13.7. The zero-order valence-corrected chi connectivity index (χ0v) is 16.1. The van der Waals surface area contributed by atoms with E-state index in [-0.39, 0.29) is 18.0 Å². The average Bonchev–Trinajstić information content (AvgIpc) is 3.38. The normalized spacial score (nSPS) is 10.6. The standard InChI is InChI=1S/C20H14FN3O2S2/c21-14-3-1-4-15(9-14)23-18-17(5-2-7-22-18)20(25)26-10-16-12-28-19(24-16)13-6-8-27-11-13/h1-9,11-12H,10H2,(H,22,23). The number of carbonyl (C=O) groups excluding carboxylic acids is 1. The fourth-order valence-corrected chi connectivity index (χ4v) is 4.00. The summed E-state index contributed by atoms with van der Waals surface area (Å²) in [6, 6.07) is 11.2. The predicted molar refractivity (Wildman–Crippen MR) is 108 cm³/mol. The number of thiazole rings is 1. The van der Waals surface area contributed by atoms with E-state index in [1.807, 2.05) is 22.2 Å². The molecule has 0 spiro atoms. The summed E-state index contributed by atoms with van der Waals surface area (Å²) in [7, 11) is 0. The Kier molecular flexibility index (Phi) is 5.41. The van der Waals surface area contributed by atoms with Gasteiger partial charge in [-0.05, 0) is 41.8 Å². The van der Waals surface area contributed by atoms with Crippen LogP contribution in [0.15, 0.2) is 64.8 Å². The number of ether oxygens (including phenoxy) is 1. The summed E-state index contributed by atoms with van der Waals surface area (Å²) in [6.07, 6.45) is 1.55. The summed E-state index contributed by atoms with van der Waals surface area (Å²) >= 11 is 3.11. The highest BCUT2D eigenvalue weighted by atomic mass is 32.1. The van der Waals surface area contributed by atoms with Crippen molar-refractivity contribution in [2.75, 3.05) is 5.32 Å². The number of anilines is 2. The number of thiophene rings is 1. The Labute approximate surface area is 168 Å². The summed E-state index contributed by atoms with van der Waals surface area (Å²) in [5.74, 6) is -0.609. The van der Waals surface area contributed by atoms with Crippen molar-refractivity contribution in [1.29, 1.82) is 0 Å². The molecule has 0 unspecified atom stereocenters. The molecule has 3 heterocycles. The zero-order valence-electron chi connectivity index (χ0n) is 14.5. The number of rotatable bonds is 6. The van der Waals surface area contributed by atoms with Gasteiger partial charge in [0.15, 0.2) is 0 Å². The zero-order chi connectivity index (χ0) is 19.3. The van der Waals surface area contributed by atoms with E-state index < -0.39 is 5.97 Å². The third-order valence-corrected chi connectivity index (χ3v) is 5.41. The van der Waals surface area contributed by atoms with E-state index in [0.29, 0.717) is 17.2 Å². The lowest BCUT2D eigenvalue weighted by Crippen LogP contribution is -2.09. The molecule has 0 saturated heterocycles. The molecule has 4 rings (SSSR count). The molecule has 0 fully saturated rings. The second-order valence-corrected chi connectivity index (χ2v) is 7.41. The van der Waals surface area contributed by atoms with Crippen LogP contribution in [-0.4, -0.2) is 15.9 Å². The minimum absolute atomic E-state index is 0.0633. The second-order valence-electron chi connectivity index (χ2n) is 5.77. The molecular weight excluding hydrogens is 397 g/mol. The maximum atomic E-state index is 13.4. The molecule has 0 amide bonds. The molecule has 0 aliphatic rings. The van der Waals surface area contributed by atoms with Crippen LogP contribution in [0.3, 0.4) is 0 Å². The molecule has 0 bridgehead atoms. The summed E-state index contributed by atoms with van der Waals surface area (Å²) in [4.78, 5) is 21.2. The number of halogens is 1. The molecule has 0 atom stereocenters. The molecule has 0 saturated carbocycles. The highest BCUT2D eigenvalue weighted by Crippen LogP contribution is 2.26. The Morgan fingerprint density at radius 3 is 2.93 bits per heavy atom. The first kappa shape index (κ1) is 18.3. The minimum atomic E-state index is -0.530. The van der Waals surface area contributed by atoms with Crippen molar-refractivity contribution in [2.45, 2.75) is 6.61 Å². The molecule has 1 aromatic carbocycles. The van der Waals surface area contributed by atoms with Gasteiger partial charge in [-0.3, -0.25) is 0 Å². The number of benzene rings is 1. The van der Waals surface area contributed by atoms with Gasteiger partial charge in [-0.25, -0.2) is 19.2 Å². The lowest BCUT2D eigenvalue weighted by molar-refractivity contribution is 0.0469. The molecule has 5 nitrogen and oxygen atoms in total. The number of aromatic nitrogens is 2. The van der Waals surface area contributed by atoms with Gasteiger partial charge in [-0.2, -0.15) is 11.3 Å². The van der Waals surface area contributed by atoms with Gasteiger partial charge in [0.2, 0.25) is 0 Å². The SMILES string of the molecule is O=C(OCc1csc(-c2ccsc2)n1)c1cccnc1Nc1cccc(F)c1. The fraction of sp³-hybridized carbons (Fsp3) is 0.0500. The fourth-order valence-electron chi connectivity index (χ4n) is 2.48. The van der Waals surface area contributed by atoms with E-state index in [1.165, 1.54) is 23.5 Å². The van der Waals surface area contributed by atoms with Crippen LogP contribution in [0.25, 0.3) is 10.6 Å². The van der Waals surface area contributed by atoms with E-state index in [0.717, 1.165) is 10.6 Å². The molecule has 0 aliphatic carbocycles. The second kappa shape index (κ2) is 8.28. The van der Waals surface area contributed by atoms with Crippen LogP contribution in [0, 0.1) is 5.82 Å². The number of nitrogens with zero attached hydrogens (tertiary/aromatic N) is 2. The van der Waals surface area contributed by atoms with Gasteiger partial charge < -0.3 is 10.1 Å². The van der Waals surface area contributed by atoms with Gasteiger partial charge >= 0.3 is 5.97 Å². The topological polar surface area (TPSA) is 64.1 Å². The smallest absolute Gasteiger partial charge is 0.342 e. The van der Waals surface area contributed by atoms with Crippen LogP contribution in [0.2, 0.25) is 0 Å². The Bertz CT molecular complexity index is 1100. The van der Waals surface area contributed by atoms with Crippen molar-refractivity contribution in [3.05, 3.63) is 81.9 Å². The number of carbonyl (C=O) groups is 1. The van der Waals surface area contributed by atoms with E-state index in [9.17, 15) is 9.18 Å². The van der Waals surface area contributed by atoms with Crippen LogP contribution in [0.1, 0.15) is 16.1 Å². The van der Waals surface area contributed by atoms with Gasteiger partial charge in [0, 0.05) is 28.2 Å². The van der Waals surface area contributed by atoms with Gasteiger partial charge in [0.1, 0.15) is 28.8 Å². The largest absolute Gasteiger partial charge is 0.455 e. The van der Waals surface area contributed by atoms with E-state index in [4.69, 9.17) is 4.74 Å². The van der Waals surface area contributed by atoms with Crippen LogP contribution in [-0.2, 0) is 11.3 Å². The Balaban J connectivity index is 1.45. The van der Waals surface area contributed by atoms with Crippen LogP contribution in [0.4, 0.5) is 15.9 Å². The summed E-state index contributed by atoms with van der Waals surface area (Å²) in [6.45, 7) is 0.0633. The maximum absolute atomic E-state index is 13.4. The lowest BCUT2D eigenvalue weighted by atomic mass is 10.2. The van der Waals surface area contributed by atoms with E-state index in [1.54, 1.807) is 41.8 Å². The third kappa shape index (κ3) is 4.24. The summed E-state index contributed by atoms with van der Waals surface area (Å²) in [5, 5.41) is 9.73. The summed E-state index contributed by atoms with van der Waals surface area (Å²) < 4.78 is 18.8. The Hall–Kier alpha value is -3.10. The Morgan fingerprint density at radius 2 is 2.11 bits per heavy atom. The number of nitrogens with one attached hydrogen (secondary N) is 1. The number of hydrogen-bond donors (Lipinski definition) is 1. The van der Waals surface area contributed by atoms with Crippen LogP contribution in [0.5, 0.6) is 0 Å². The third-order valence-electron chi connectivity index (χ3n) is 3.79. The summed E-state index contributed by atoms with van der Waals surface area (Å²) in [5.41, 5.74) is 2.50. The average molecular weight is 411 g/mol. The number of hydrogen-bond acceptors (Lipinski definition) is 7. The molecule has 1 N–H and O–H groups in total. The monoisotopic (exact) mass is 411 g/mol. The molecule has 8 heteroatoms. The van der Waals surface area contributed by atoms with Crippen molar-refractivity contribution in [2.24, 2.45) is 0 Å². The highest BCUT2D eigenvalue weighted by Gasteiger charge is 2.15. The molecular formula is C20H14FN3O2S2. The van der Waals surface area contributed by atoms with Crippen molar-refractivity contribution in [3.8, 4) is 10.6 Å². The molecule has 0 aliphatic heterocycles. The van der Waals surface area contributed by atoms with Crippen LogP contribution < -0.4 is 5.32 Å². The Morgan fingerprint density at radius 1 is 1.18 bits per heavy atom. The van der Waals surface area contributed by atoms with Gasteiger partial charge in [0.25, 0.3) is 0 Å². The first-order valence-corrected chi connectivity index (χ1v) is 10.1. The number of pyridine rings is 1. The molecule has 0 radical (unpaired) electrons. The molecule has 4 aromatic rings. The van der Waals surface area contributed by atoms with Crippen molar-refractivity contribution < 1.29 is 13.9 Å². The van der Waals surface area contributed by atoms with Crippen LogP contribution >= 0.6 is 22.7 Å². The maximum Gasteiger partial charge on any atom is 0.342 e. The number of esters is 1. The minimum Gasteiger partial charge on any atom is -0.455 e. The van der Waals surface area contributed by atoms with Gasteiger partial charge in [-0.1, -0.05) is 6.07 Å². The highest BCUT2D eigenvalue weighted by molar-refractivity contribution is 7.14. The van der Waals surface area contributed by atoms with Crippen molar-refractivity contribution in [1.82, 2.24) is 9.97 Å².